The van der Waals surface area contributed by atoms with Gasteiger partial charge in [-0.25, -0.2) is 9.18 Å². The van der Waals surface area contributed by atoms with E-state index in [9.17, 15) is 9.18 Å². The molecule has 0 saturated heterocycles. The molecule has 0 fully saturated rings. The topological polar surface area (TPSA) is 68.3 Å². The van der Waals surface area contributed by atoms with Crippen molar-refractivity contribution in [2.45, 2.75) is 0 Å². The molecule has 0 unspecified atom stereocenters. The van der Waals surface area contributed by atoms with E-state index in [2.05, 4.69) is 5.32 Å². The molecule has 100 valence electrons. The zero-order valence-electron chi connectivity index (χ0n) is 10.4. The number of anilines is 3. The summed E-state index contributed by atoms with van der Waals surface area (Å²) >= 11 is 0. The van der Waals surface area contributed by atoms with Crippen molar-refractivity contribution < 1.29 is 8.81 Å². The Balaban J connectivity index is 2.16. The highest BCUT2D eigenvalue weighted by molar-refractivity contribution is 5.98. The average Bonchev–Trinajstić information content (AvgIpc) is 2.45. The van der Waals surface area contributed by atoms with Crippen molar-refractivity contribution in [3.05, 3.63) is 64.8 Å². The number of hydrogen-bond donors (Lipinski definition) is 2. The first kappa shape index (κ1) is 12.2. The number of nitrogen functional groups attached to an aromatic ring is 1. The minimum Gasteiger partial charge on any atom is -0.404 e. The van der Waals surface area contributed by atoms with E-state index in [-0.39, 0.29) is 11.7 Å². The molecule has 0 radical (unpaired) electrons. The van der Waals surface area contributed by atoms with Gasteiger partial charge < -0.3 is 15.5 Å². The van der Waals surface area contributed by atoms with Gasteiger partial charge in [0, 0.05) is 11.1 Å². The Morgan fingerprint density at radius 1 is 1.00 bits per heavy atom. The van der Waals surface area contributed by atoms with Crippen LogP contribution >= 0.6 is 0 Å². The maximum atomic E-state index is 12.9. The molecule has 1 aromatic heterocycles. The second-order valence-corrected chi connectivity index (χ2v) is 4.31. The van der Waals surface area contributed by atoms with Crippen LogP contribution in [0.15, 0.2) is 57.7 Å². The number of nitrogens with one attached hydrogen (secondary N) is 1. The zero-order chi connectivity index (χ0) is 14.1. The summed E-state index contributed by atoms with van der Waals surface area (Å²) < 4.78 is 17.9. The molecule has 0 aliphatic carbocycles. The molecule has 0 aliphatic rings. The number of nitrogens with two attached hydrogens (primary N) is 1. The number of rotatable bonds is 2. The van der Waals surface area contributed by atoms with Crippen molar-refractivity contribution in [3.63, 3.8) is 0 Å². The van der Waals surface area contributed by atoms with Gasteiger partial charge in [-0.3, -0.25) is 0 Å². The Morgan fingerprint density at radius 3 is 2.35 bits per heavy atom. The van der Waals surface area contributed by atoms with Crippen LogP contribution in [0, 0.1) is 5.82 Å². The van der Waals surface area contributed by atoms with Crippen molar-refractivity contribution in [2.24, 2.45) is 0 Å². The van der Waals surface area contributed by atoms with Crippen LogP contribution in [0.2, 0.25) is 0 Å². The van der Waals surface area contributed by atoms with E-state index in [4.69, 9.17) is 10.2 Å². The van der Waals surface area contributed by atoms with Crippen molar-refractivity contribution in [1.82, 2.24) is 0 Å². The van der Waals surface area contributed by atoms with Gasteiger partial charge in [-0.05, 0) is 30.3 Å². The maximum absolute atomic E-state index is 12.9. The van der Waals surface area contributed by atoms with Crippen molar-refractivity contribution in [2.75, 3.05) is 11.1 Å². The van der Waals surface area contributed by atoms with Crippen LogP contribution in [-0.4, -0.2) is 0 Å². The molecule has 3 rings (SSSR count). The first-order chi connectivity index (χ1) is 9.65. The van der Waals surface area contributed by atoms with Crippen molar-refractivity contribution >= 4 is 28.0 Å². The summed E-state index contributed by atoms with van der Waals surface area (Å²) in [4.78, 5) is 11.7. The first-order valence-electron chi connectivity index (χ1n) is 5.99. The van der Waals surface area contributed by atoms with Crippen LogP contribution in [0.4, 0.5) is 21.6 Å². The van der Waals surface area contributed by atoms with Crippen molar-refractivity contribution in [3.8, 4) is 0 Å². The third-order valence-electron chi connectivity index (χ3n) is 2.98. The molecule has 5 heteroatoms. The summed E-state index contributed by atoms with van der Waals surface area (Å²) in [6.45, 7) is 0. The molecular weight excluding hydrogens is 259 g/mol. The zero-order valence-corrected chi connectivity index (χ0v) is 10.4. The van der Waals surface area contributed by atoms with E-state index in [1.165, 1.54) is 12.1 Å². The lowest BCUT2D eigenvalue weighted by molar-refractivity contribution is 0.542. The molecule has 0 bridgehead atoms. The Morgan fingerprint density at radius 2 is 1.65 bits per heavy atom. The Bertz CT molecular complexity index is 825. The van der Waals surface area contributed by atoms with Gasteiger partial charge in [-0.15, -0.1) is 0 Å². The SMILES string of the molecule is Nc1oc(=O)c2ccccc2c1Nc1ccc(F)cc1. The van der Waals surface area contributed by atoms with Gasteiger partial charge in [0.15, 0.2) is 0 Å². The van der Waals surface area contributed by atoms with Gasteiger partial charge in [0.1, 0.15) is 11.5 Å². The second kappa shape index (κ2) is 4.70. The number of fused-ring (bicyclic) bond motifs is 1. The lowest BCUT2D eigenvalue weighted by atomic mass is 10.1. The van der Waals surface area contributed by atoms with Crippen LogP contribution in [0.5, 0.6) is 0 Å². The van der Waals surface area contributed by atoms with Gasteiger partial charge in [0.05, 0.1) is 5.39 Å². The summed E-state index contributed by atoms with van der Waals surface area (Å²) in [7, 11) is 0. The number of halogens is 1. The van der Waals surface area contributed by atoms with Crippen LogP contribution in [0.1, 0.15) is 0 Å². The van der Waals surface area contributed by atoms with E-state index >= 15 is 0 Å². The van der Waals surface area contributed by atoms with Gasteiger partial charge in [0.2, 0.25) is 5.88 Å². The fourth-order valence-corrected chi connectivity index (χ4v) is 2.02. The van der Waals surface area contributed by atoms with Gasteiger partial charge in [0.25, 0.3) is 0 Å². The minimum atomic E-state index is -0.484. The molecule has 3 N–H and O–H groups in total. The molecule has 3 aromatic rings. The molecule has 0 atom stereocenters. The fourth-order valence-electron chi connectivity index (χ4n) is 2.02. The van der Waals surface area contributed by atoms with E-state index in [1.54, 1.807) is 36.4 Å². The molecule has 2 aromatic carbocycles. The van der Waals surface area contributed by atoms with Crippen LogP contribution in [0.25, 0.3) is 10.8 Å². The summed E-state index contributed by atoms with van der Waals surface area (Å²) in [6.07, 6.45) is 0. The predicted molar refractivity (Wildman–Crippen MR) is 76.6 cm³/mol. The lowest BCUT2D eigenvalue weighted by Crippen LogP contribution is -2.06. The highest BCUT2D eigenvalue weighted by atomic mass is 19.1. The summed E-state index contributed by atoms with van der Waals surface area (Å²) in [5.41, 5.74) is 6.42. The van der Waals surface area contributed by atoms with Crippen LogP contribution in [0.3, 0.4) is 0 Å². The molecule has 4 nitrogen and oxygen atoms in total. The van der Waals surface area contributed by atoms with E-state index in [0.29, 0.717) is 22.1 Å². The molecular formula is C15H11FN2O2. The van der Waals surface area contributed by atoms with Gasteiger partial charge in [-0.1, -0.05) is 18.2 Å². The monoisotopic (exact) mass is 270 g/mol. The largest absolute Gasteiger partial charge is 0.404 e. The highest BCUT2D eigenvalue weighted by Gasteiger charge is 2.11. The Kier molecular flexibility index (Phi) is 2.87. The average molecular weight is 270 g/mol. The molecule has 0 aliphatic heterocycles. The van der Waals surface area contributed by atoms with E-state index in [0.717, 1.165) is 0 Å². The van der Waals surface area contributed by atoms with Crippen molar-refractivity contribution in [1.29, 1.82) is 0 Å². The van der Waals surface area contributed by atoms with Crippen LogP contribution < -0.4 is 16.7 Å². The lowest BCUT2D eigenvalue weighted by Gasteiger charge is -2.11. The van der Waals surface area contributed by atoms with E-state index in [1.807, 2.05) is 0 Å². The van der Waals surface area contributed by atoms with Crippen LogP contribution in [-0.2, 0) is 0 Å². The Labute approximate surface area is 113 Å². The Hall–Kier alpha value is -2.82. The summed E-state index contributed by atoms with van der Waals surface area (Å²) in [5.74, 6) is -0.328. The molecule has 0 amide bonds. The number of hydrogen-bond acceptors (Lipinski definition) is 4. The first-order valence-corrected chi connectivity index (χ1v) is 5.99. The summed E-state index contributed by atoms with van der Waals surface area (Å²) in [5, 5.41) is 4.14. The van der Waals surface area contributed by atoms with Gasteiger partial charge >= 0.3 is 5.63 Å². The standard InChI is InChI=1S/C15H11FN2O2/c16-9-5-7-10(8-6-9)18-13-11-3-1-2-4-12(11)15(19)20-14(13)17/h1-8,18H,17H2. The van der Waals surface area contributed by atoms with Gasteiger partial charge in [-0.2, -0.15) is 0 Å². The second-order valence-electron chi connectivity index (χ2n) is 4.31. The molecule has 0 saturated carbocycles. The maximum Gasteiger partial charge on any atom is 0.345 e. The quantitative estimate of drug-likeness (QED) is 0.750. The predicted octanol–water partition coefficient (Wildman–Crippen LogP) is 3.26. The molecule has 0 spiro atoms. The smallest absolute Gasteiger partial charge is 0.345 e. The molecule has 20 heavy (non-hydrogen) atoms. The minimum absolute atomic E-state index is 0.00183. The number of benzene rings is 2. The summed E-state index contributed by atoms with van der Waals surface area (Å²) in [6, 6.07) is 12.8. The van der Waals surface area contributed by atoms with E-state index < -0.39 is 5.63 Å². The highest BCUT2D eigenvalue weighted by Crippen LogP contribution is 2.29. The normalized spacial score (nSPS) is 10.7. The fraction of sp³-hybridized carbons (Fsp3) is 0. The molecule has 1 heterocycles. The third kappa shape index (κ3) is 2.09. The third-order valence-corrected chi connectivity index (χ3v) is 2.98.